The van der Waals surface area contributed by atoms with Crippen molar-refractivity contribution in [3.05, 3.63) is 30.1 Å². The van der Waals surface area contributed by atoms with Crippen molar-refractivity contribution in [1.82, 2.24) is 9.80 Å². The predicted octanol–water partition coefficient (Wildman–Crippen LogP) is 3.78. The molecule has 1 aromatic carbocycles. The fourth-order valence-electron chi connectivity index (χ4n) is 2.74. The number of hydrogen-bond donors (Lipinski definition) is 0. The number of thioether (sulfide) groups is 1. The fourth-order valence-corrected chi connectivity index (χ4v) is 3.62. The number of amides is 2. The van der Waals surface area contributed by atoms with Gasteiger partial charge in [-0.25, -0.2) is 9.18 Å². The van der Waals surface area contributed by atoms with Crippen molar-refractivity contribution in [2.24, 2.45) is 0 Å². The van der Waals surface area contributed by atoms with Gasteiger partial charge in [-0.15, -0.1) is 11.8 Å². The molecule has 144 valence electrons. The number of likely N-dealkylation sites (tertiary alicyclic amines) is 1. The van der Waals surface area contributed by atoms with E-state index in [2.05, 4.69) is 0 Å². The van der Waals surface area contributed by atoms with Gasteiger partial charge in [-0.1, -0.05) is 12.1 Å². The van der Waals surface area contributed by atoms with Crippen LogP contribution < -0.4 is 0 Å². The van der Waals surface area contributed by atoms with Crippen molar-refractivity contribution >= 4 is 23.8 Å². The monoisotopic (exact) mass is 382 g/mol. The summed E-state index contributed by atoms with van der Waals surface area (Å²) in [6, 6.07) is 6.55. The number of carbonyl (C=O) groups is 2. The number of carbonyl (C=O) groups excluding carboxylic acids is 2. The Kier molecular flexibility index (Phi) is 6.92. The third kappa shape index (κ3) is 5.90. The summed E-state index contributed by atoms with van der Waals surface area (Å²) in [5.74, 6) is 0.263. The van der Waals surface area contributed by atoms with Crippen LogP contribution in [0.1, 0.15) is 33.6 Å². The van der Waals surface area contributed by atoms with Crippen molar-refractivity contribution < 1.29 is 18.7 Å². The van der Waals surface area contributed by atoms with Gasteiger partial charge < -0.3 is 14.5 Å². The van der Waals surface area contributed by atoms with Crippen LogP contribution in [0.3, 0.4) is 0 Å². The molecule has 0 spiro atoms. The summed E-state index contributed by atoms with van der Waals surface area (Å²) in [6.07, 6.45) is 0.733. The lowest BCUT2D eigenvalue weighted by atomic mass is 10.2. The molecule has 26 heavy (non-hydrogen) atoms. The molecule has 5 nitrogen and oxygen atoms in total. The molecule has 1 fully saturated rings. The summed E-state index contributed by atoms with van der Waals surface area (Å²) in [6.45, 7) is 6.57. The molecule has 0 saturated carbocycles. The number of nitrogens with zero attached hydrogens (tertiary/aromatic N) is 2. The third-order valence-electron chi connectivity index (χ3n) is 4.17. The summed E-state index contributed by atoms with van der Waals surface area (Å²) in [5, 5.41) is 0. The molecule has 1 unspecified atom stereocenters. The van der Waals surface area contributed by atoms with Crippen molar-refractivity contribution in [2.75, 3.05) is 25.9 Å². The van der Waals surface area contributed by atoms with Crippen LogP contribution in [0.25, 0.3) is 0 Å². The zero-order chi connectivity index (χ0) is 19.3. The van der Waals surface area contributed by atoms with Gasteiger partial charge in [0.05, 0.1) is 6.04 Å². The molecule has 0 radical (unpaired) electrons. The van der Waals surface area contributed by atoms with Crippen LogP contribution in [0.5, 0.6) is 0 Å². The number of rotatable bonds is 5. The molecule has 0 bridgehead atoms. The van der Waals surface area contributed by atoms with Crippen molar-refractivity contribution in [1.29, 1.82) is 0 Å². The van der Waals surface area contributed by atoms with E-state index < -0.39 is 5.60 Å². The maximum absolute atomic E-state index is 13.6. The molecular weight excluding hydrogens is 355 g/mol. The minimum Gasteiger partial charge on any atom is -0.444 e. The van der Waals surface area contributed by atoms with Crippen LogP contribution in [-0.2, 0) is 9.53 Å². The van der Waals surface area contributed by atoms with E-state index in [1.54, 1.807) is 35.0 Å². The van der Waals surface area contributed by atoms with E-state index in [0.29, 0.717) is 30.2 Å². The van der Waals surface area contributed by atoms with Crippen LogP contribution in [0, 0.1) is 5.82 Å². The molecule has 1 aliphatic heterocycles. The molecule has 0 aromatic heterocycles. The van der Waals surface area contributed by atoms with Gasteiger partial charge in [0.2, 0.25) is 5.91 Å². The number of hydrogen-bond acceptors (Lipinski definition) is 4. The molecule has 1 saturated heterocycles. The molecule has 7 heteroatoms. The number of halogens is 1. The highest BCUT2D eigenvalue weighted by molar-refractivity contribution is 7.99. The SMILES string of the molecule is CN(C(=O)CCSc1ccccc1F)C1CCN(C(=O)OC(C)(C)C)C1. The Bertz CT molecular complexity index is 648. The lowest BCUT2D eigenvalue weighted by Crippen LogP contribution is -2.41. The third-order valence-corrected chi connectivity index (χ3v) is 5.22. The van der Waals surface area contributed by atoms with Crippen molar-refractivity contribution in [2.45, 2.75) is 50.2 Å². The highest BCUT2D eigenvalue weighted by Gasteiger charge is 2.33. The van der Waals surface area contributed by atoms with Crippen LogP contribution in [0.4, 0.5) is 9.18 Å². The molecular formula is C19H27FN2O3S. The Balaban J connectivity index is 1.78. The molecule has 1 heterocycles. The summed E-state index contributed by atoms with van der Waals surface area (Å²) in [5.41, 5.74) is -0.527. The van der Waals surface area contributed by atoms with Gasteiger partial charge in [0, 0.05) is 37.2 Å². The smallest absolute Gasteiger partial charge is 0.410 e. The fraction of sp³-hybridized carbons (Fsp3) is 0.579. The molecule has 1 aromatic rings. The van der Waals surface area contributed by atoms with E-state index in [9.17, 15) is 14.0 Å². The first-order chi connectivity index (χ1) is 12.2. The number of benzene rings is 1. The van der Waals surface area contributed by atoms with Gasteiger partial charge in [-0.3, -0.25) is 4.79 Å². The van der Waals surface area contributed by atoms with Crippen LogP contribution >= 0.6 is 11.8 Å². The zero-order valence-corrected chi connectivity index (χ0v) is 16.6. The summed E-state index contributed by atoms with van der Waals surface area (Å²) in [7, 11) is 1.76. The maximum atomic E-state index is 13.6. The first-order valence-corrected chi connectivity index (χ1v) is 9.77. The van der Waals surface area contributed by atoms with Crippen molar-refractivity contribution in [3.63, 3.8) is 0 Å². The predicted molar refractivity (Wildman–Crippen MR) is 101 cm³/mol. The Morgan fingerprint density at radius 3 is 2.69 bits per heavy atom. The molecule has 1 atom stereocenters. The highest BCUT2D eigenvalue weighted by Crippen LogP contribution is 2.23. The second-order valence-electron chi connectivity index (χ2n) is 7.40. The summed E-state index contributed by atoms with van der Waals surface area (Å²) in [4.78, 5) is 28.4. The molecule has 0 aliphatic carbocycles. The minimum absolute atomic E-state index is 0.00452. The lowest BCUT2D eigenvalue weighted by molar-refractivity contribution is -0.131. The van der Waals surface area contributed by atoms with Gasteiger partial charge in [-0.2, -0.15) is 0 Å². The number of likely N-dealkylation sites (N-methyl/N-ethyl adjacent to an activating group) is 1. The minimum atomic E-state index is -0.527. The first kappa shape index (κ1) is 20.6. The van der Waals surface area contributed by atoms with Gasteiger partial charge in [0.1, 0.15) is 11.4 Å². The average Bonchev–Trinajstić information content (AvgIpc) is 3.04. The van der Waals surface area contributed by atoms with Gasteiger partial charge in [0.25, 0.3) is 0 Å². The second-order valence-corrected chi connectivity index (χ2v) is 8.54. The standard InChI is InChI=1S/C19H27FN2O3S/c1-19(2,3)25-18(24)22-11-9-14(13-22)21(4)17(23)10-12-26-16-8-6-5-7-15(16)20/h5-8,14H,9-13H2,1-4H3. The highest BCUT2D eigenvalue weighted by atomic mass is 32.2. The van der Waals surface area contributed by atoms with E-state index in [1.807, 2.05) is 20.8 Å². The Morgan fingerprint density at radius 2 is 2.04 bits per heavy atom. The van der Waals surface area contributed by atoms with Gasteiger partial charge in [0.15, 0.2) is 0 Å². The van der Waals surface area contributed by atoms with Crippen molar-refractivity contribution in [3.8, 4) is 0 Å². The molecule has 2 amide bonds. The van der Waals surface area contributed by atoms with Gasteiger partial charge in [-0.05, 0) is 39.3 Å². The lowest BCUT2D eigenvalue weighted by Gasteiger charge is -2.26. The van der Waals surface area contributed by atoms with E-state index in [4.69, 9.17) is 4.74 Å². The molecule has 0 N–H and O–H groups in total. The van der Waals surface area contributed by atoms with Crippen LogP contribution in [-0.4, -0.2) is 59.3 Å². The van der Waals surface area contributed by atoms with E-state index in [-0.39, 0.29) is 23.9 Å². The largest absolute Gasteiger partial charge is 0.444 e. The summed E-state index contributed by atoms with van der Waals surface area (Å²) >= 11 is 1.34. The van der Waals surface area contributed by atoms with Crippen LogP contribution in [0.15, 0.2) is 29.2 Å². The zero-order valence-electron chi connectivity index (χ0n) is 15.8. The maximum Gasteiger partial charge on any atom is 0.410 e. The first-order valence-electron chi connectivity index (χ1n) is 8.78. The Labute approximate surface area is 158 Å². The normalized spacial score (nSPS) is 17.3. The molecule has 1 aliphatic rings. The Hall–Kier alpha value is -1.76. The quantitative estimate of drug-likeness (QED) is 0.728. The Morgan fingerprint density at radius 1 is 1.35 bits per heavy atom. The topological polar surface area (TPSA) is 49.9 Å². The number of ether oxygens (including phenoxy) is 1. The van der Waals surface area contributed by atoms with Crippen LogP contribution in [0.2, 0.25) is 0 Å². The van der Waals surface area contributed by atoms with E-state index in [1.165, 1.54) is 17.8 Å². The van der Waals surface area contributed by atoms with E-state index >= 15 is 0 Å². The summed E-state index contributed by atoms with van der Waals surface area (Å²) < 4.78 is 19.0. The van der Waals surface area contributed by atoms with E-state index in [0.717, 1.165) is 6.42 Å². The second kappa shape index (κ2) is 8.75. The average molecular weight is 383 g/mol. The molecule has 2 rings (SSSR count). The van der Waals surface area contributed by atoms with Gasteiger partial charge >= 0.3 is 6.09 Å².